The molecule has 176 valence electrons. The van der Waals surface area contributed by atoms with Crippen LogP contribution in [0.2, 0.25) is 0 Å². The Kier molecular flexibility index (Phi) is 6.45. The predicted octanol–water partition coefficient (Wildman–Crippen LogP) is 4.61. The number of thiocarbonyl (C=S) groups is 1. The number of ether oxygens (including phenoxy) is 1. The van der Waals surface area contributed by atoms with Crippen molar-refractivity contribution in [3.05, 3.63) is 109 Å². The van der Waals surface area contributed by atoms with E-state index in [9.17, 15) is 4.79 Å². The van der Waals surface area contributed by atoms with Crippen molar-refractivity contribution in [1.29, 1.82) is 0 Å². The summed E-state index contributed by atoms with van der Waals surface area (Å²) in [6.45, 7) is -0.0618. The summed E-state index contributed by atoms with van der Waals surface area (Å²) < 4.78 is 7.55. The molecule has 1 fully saturated rings. The monoisotopic (exact) mass is 483 g/mol. The zero-order valence-electron chi connectivity index (χ0n) is 19.2. The lowest BCUT2D eigenvalue weighted by atomic mass is 9.98. The summed E-state index contributed by atoms with van der Waals surface area (Å²) in [5.41, 5.74) is 3.67. The molecule has 7 nitrogen and oxygen atoms in total. The summed E-state index contributed by atoms with van der Waals surface area (Å²) in [6.07, 6.45) is 5.93. The van der Waals surface area contributed by atoms with Crippen LogP contribution >= 0.6 is 12.2 Å². The molecule has 2 N–H and O–H groups in total. The summed E-state index contributed by atoms with van der Waals surface area (Å²) >= 11 is 5.76. The first-order valence-corrected chi connectivity index (χ1v) is 11.7. The third-order valence-corrected chi connectivity index (χ3v) is 6.15. The second-order valence-electron chi connectivity index (χ2n) is 8.30. The lowest BCUT2D eigenvalue weighted by Crippen LogP contribution is -2.29. The standard InChI is InChI=1S/C27H25N5O2S/c1-31-16-14-19(17-31)26-25(23-9-5-6-15-28-23)30-27(35)32(26)21-12-10-20(11-13-21)29-24(33)18-34-22-7-3-2-4-8-22/h2-17,25-26H,18H2,1H3,(H,29,33)(H,30,35)/t25-,26+/m0/s1. The second kappa shape index (κ2) is 9.99. The van der Waals surface area contributed by atoms with E-state index in [1.807, 2.05) is 90.6 Å². The number of aryl methyl sites for hydroxylation is 1. The third-order valence-electron chi connectivity index (χ3n) is 5.84. The van der Waals surface area contributed by atoms with Gasteiger partial charge in [-0.3, -0.25) is 9.78 Å². The molecule has 0 bridgehead atoms. The van der Waals surface area contributed by atoms with E-state index in [0.717, 1.165) is 16.9 Å². The minimum Gasteiger partial charge on any atom is -0.484 e. The summed E-state index contributed by atoms with van der Waals surface area (Å²) in [4.78, 5) is 19.0. The average Bonchev–Trinajstić information content (AvgIpc) is 3.47. The summed E-state index contributed by atoms with van der Waals surface area (Å²) in [5, 5.41) is 6.96. The van der Waals surface area contributed by atoms with Crippen LogP contribution in [-0.4, -0.2) is 27.2 Å². The molecule has 1 aliphatic rings. The van der Waals surface area contributed by atoms with Gasteiger partial charge in [0.15, 0.2) is 11.7 Å². The van der Waals surface area contributed by atoms with E-state index < -0.39 is 0 Å². The number of hydrogen-bond donors (Lipinski definition) is 2. The van der Waals surface area contributed by atoms with Gasteiger partial charge in [0.05, 0.1) is 17.8 Å². The number of pyridine rings is 1. The summed E-state index contributed by atoms with van der Waals surface area (Å²) in [7, 11) is 2.00. The van der Waals surface area contributed by atoms with E-state index in [-0.39, 0.29) is 24.6 Å². The van der Waals surface area contributed by atoms with Crippen molar-refractivity contribution >= 4 is 34.6 Å². The van der Waals surface area contributed by atoms with Crippen LogP contribution < -0.4 is 20.3 Å². The molecule has 5 rings (SSSR count). The van der Waals surface area contributed by atoms with Gasteiger partial charge in [0.25, 0.3) is 5.91 Å². The van der Waals surface area contributed by atoms with Crippen molar-refractivity contribution in [2.75, 3.05) is 16.8 Å². The Bertz CT molecular complexity index is 1310. The number of amides is 1. The van der Waals surface area contributed by atoms with Crippen molar-refractivity contribution < 1.29 is 9.53 Å². The van der Waals surface area contributed by atoms with Gasteiger partial charge in [-0.2, -0.15) is 0 Å². The fourth-order valence-electron chi connectivity index (χ4n) is 4.24. The molecule has 1 aliphatic heterocycles. The van der Waals surface area contributed by atoms with Crippen LogP contribution in [0.4, 0.5) is 11.4 Å². The molecule has 1 saturated heterocycles. The number of benzene rings is 2. The number of carbonyl (C=O) groups excluding carboxylic acids is 1. The smallest absolute Gasteiger partial charge is 0.262 e. The maximum atomic E-state index is 12.3. The minimum atomic E-state index is -0.225. The Labute approximate surface area is 209 Å². The zero-order chi connectivity index (χ0) is 24.2. The molecule has 0 radical (unpaired) electrons. The first-order chi connectivity index (χ1) is 17.1. The molecule has 2 aromatic carbocycles. The normalized spacial score (nSPS) is 17.2. The fraction of sp³-hybridized carbons (Fsp3) is 0.148. The van der Waals surface area contributed by atoms with Crippen LogP contribution in [-0.2, 0) is 11.8 Å². The number of aromatic nitrogens is 2. The molecule has 0 aliphatic carbocycles. The quantitative estimate of drug-likeness (QED) is 0.374. The molecule has 4 aromatic rings. The Morgan fingerprint density at radius 3 is 2.51 bits per heavy atom. The molecule has 2 aromatic heterocycles. The molecule has 1 amide bonds. The number of carbonyl (C=O) groups is 1. The lowest BCUT2D eigenvalue weighted by Gasteiger charge is -2.27. The van der Waals surface area contributed by atoms with Crippen LogP contribution in [0.1, 0.15) is 23.3 Å². The van der Waals surface area contributed by atoms with Crippen LogP contribution in [0.3, 0.4) is 0 Å². The molecule has 2 atom stereocenters. The van der Waals surface area contributed by atoms with Crippen molar-refractivity contribution in [1.82, 2.24) is 14.9 Å². The number of para-hydroxylation sites is 1. The van der Waals surface area contributed by atoms with Gasteiger partial charge in [0.2, 0.25) is 0 Å². The number of hydrogen-bond acceptors (Lipinski definition) is 4. The Balaban J connectivity index is 1.34. The van der Waals surface area contributed by atoms with E-state index in [4.69, 9.17) is 17.0 Å². The van der Waals surface area contributed by atoms with Gasteiger partial charge in [-0.15, -0.1) is 0 Å². The van der Waals surface area contributed by atoms with Crippen LogP contribution in [0.5, 0.6) is 5.75 Å². The highest BCUT2D eigenvalue weighted by atomic mass is 32.1. The van der Waals surface area contributed by atoms with Gasteiger partial charge in [0.1, 0.15) is 5.75 Å². The van der Waals surface area contributed by atoms with Crippen molar-refractivity contribution in [2.45, 2.75) is 12.1 Å². The average molecular weight is 484 g/mol. The highest BCUT2D eigenvalue weighted by Gasteiger charge is 2.40. The van der Waals surface area contributed by atoms with Crippen LogP contribution in [0.15, 0.2) is 97.5 Å². The zero-order valence-corrected chi connectivity index (χ0v) is 20.0. The van der Waals surface area contributed by atoms with Crippen molar-refractivity contribution in [3.63, 3.8) is 0 Å². The van der Waals surface area contributed by atoms with Crippen LogP contribution in [0, 0.1) is 0 Å². The molecule has 8 heteroatoms. The first-order valence-electron chi connectivity index (χ1n) is 11.3. The van der Waals surface area contributed by atoms with Gasteiger partial charge in [0, 0.05) is 37.0 Å². The Morgan fingerprint density at radius 2 is 1.83 bits per heavy atom. The van der Waals surface area contributed by atoms with Crippen LogP contribution in [0.25, 0.3) is 0 Å². The molecule has 0 spiro atoms. The molecule has 3 heterocycles. The largest absolute Gasteiger partial charge is 0.484 e. The maximum absolute atomic E-state index is 12.3. The molecular formula is C27H25N5O2S. The fourth-order valence-corrected chi connectivity index (χ4v) is 4.59. The van der Waals surface area contributed by atoms with Gasteiger partial charge in [-0.25, -0.2) is 0 Å². The second-order valence-corrected chi connectivity index (χ2v) is 8.69. The number of nitrogens with one attached hydrogen (secondary N) is 2. The Hall–Kier alpha value is -4.17. The third kappa shape index (κ3) is 5.02. The molecule has 0 unspecified atom stereocenters. The topological polar surface area (TPSA) is 71.4 Å². The molecule has 0 saturated carbocycles. The van der Waals surface area contributed by atoms with E-state index in [1.54, 1.807) is 6.20 Å². The number of anilines is 2. The predicted molar refractivity (Wildman–Crippen MR) is 140 cm³/mol. The van der Waals surface area contributed by atoms with Crippen molar-refractivity contribution in [3.8, 4) is 5.75 Å². The minimum absolute atomic E-state index is 0.0618. The molecular weight excluding hydrogens is 458 g/mol. The summed E-state index contributed by atoms with van der Waals surface area (Å²) in [5.74, 6) is 0.430. The van der Waals surface area contributed by atoms with E-state index in [1.165, 1.54) is 0 Å². The maximum Gasteiger partial charge on any atom is 0.262 e. The van der Waals surface area contributed by atoms with E-state index >= 15 is 0 Å². The highest BCUT2D eigenvalue weighted by molar-refractivity contribution is 7.80. The highest BCUT2D eigenvalue weighted by Crippen LogP contribution is 2.41. The van der Waals surface area contributed by atoms with E-state index in [2.05, 4.69) is 32.8 Å². The van der Waals surface area contributed by atoms with E-state index in [0.29, 0.717) is 16.5 Å². The SMILES string of the molecule is Cn1ccc([C@@H]2[C@H](c3ccccn3)NC(=S)N2c2ccc(NC(=O)COc3ccccc3)cc2)c1. The first kappa shape index (κ1) is 22.6. The lowest BCUT2D eigenvalue weighted by molar-refractivity contribution is -0.118. The summed E-state index contributed by atoms with van der Waals surface area (Å²) in [6, 6.07) is 24.7. The van der Waals surface area contributed by atoms with Gasteiger partial charge in [-0.1, -0.05) is 24.3 Å². The Morgan fingerprint density at radius 1 is 1.06 bits per heavy atom. The molecule has 35 heavy (non-hydrogen) atoms. The van der Waals surface area contributed by atoms with Gasteiger partial charge < -0.3 is 24.8 Å². The number of nitrogens with zero attached hydrogens (tertiary/aromatic N) is 3. The van der Waals surface area contributed by atoms with Gasteiger partial charge in [-0.05, 0) is 72.4 Å². The number of rotatable bonds is 7. The van der Waals surface area contributed by atoms with Gasteiger partial charge >= 0.3 is 0 Å². The van der Waals surface area contributed by atoms with Crippen molar-refractivity contribution in [2.24, 2.45) is 7.05 Å².